The summed E-state index contributed by atoms with van der Waals surface area (Å²) in [6, 6.07) is 2.44. The highest BCUT2D eigenvalue weighted by Crippen LogP contribution is 2.17. The van der Waals surface area contributed by atoms with Crippen molar-refractivity contribution in [3.05, 3.63) is 35.9 Å². The summed E-state index contributed by atoms with van der Waals surface area (Å²) in [5.74, 6) is -4.80. The van der Waals surface area contributed by atoms with Crippen molar-refractivity contribution in [3.63, 3.8) is 0 Å². The average molecular weight is 787 g/mol. The van der Waals surface area contributed by atoms with Gasteiger partial charge in [-0.05, 0) is 58.4 Å². The maximum Gasteiger partial charge on any atom is 0.408 e. The summed E-state index contributed by atoms with van der Waals surface area (Å²) in [7, 11) is 0. The minimum absolute atomic E-state index is 0.0142. The van der Waals surface area contributed by atoms with Gasteiger partial charge in [0.05, 0.1) is 6.42 Å². The standard InChI is InChI=1S/C39H62N8O9/c1-11-12-18-40-32(49)24(6)42-35(52)30(22(2)3)45-29(48)19-27-37(54)47(21-26-16-14-13-15-17-26)28(34(51)44-27)20-41-33(50)25(7)43-36(53)31(23(4)5)46-38(55)56-39(8,9)10/h13-17,22-25,27-28,30-31H,11-12,18-21H2,1-10H3,(H,40,49)(H,41,50)(H,42,52)(H,43,53)(H,44,51)(H,45,48)(H,46,55)/t24-,25-,27-,28-,30-,31-/m0/s1. The maximum atomic E-state index is 13.9. The van der Waals surface area contributed by atoms with Crippen molar-refractivity contribution in [2.75, 3.05) is 13.1 Å². The Morgan fingerprint density at radius 2 is 1.30 bits per heavy atom. The van der Waals surface area contributed by atoms with Crippen LogP contribution < -0.4 is 37.2 Å². The molecule has 0 saturated carbocycles. The summed E-state index contributed by atoms with van der Waals surface area (Å²) in [4.78, 5) is 106. The van der Waals surface area contributed by atoms with Gasteiger partial charge in [0.2, 0.25) is 41.4 Å². The van der Waals surface area contributed by atoms with Gasteiger partial charge in [0.1, 0.15) is 41.9 Å². The predicted molar refractivity (Wildman–Crippen MR) is 208 cm³/mol. The molecule has 0 spiro atoms. The molecule has 1 saturated heterocycles. The molecule has 1 aliphatic heterocycles. The fourth-order valence-corrected chi connectivity index (χ4v) is 5.69. The molecule has 0 aliphatic carbocycles. The van der Waals surface area contributed by atoms with E-state index in [2.05, 4.69) is 37.2 Å². The lowest BCUT2D eigenvalue weighted by atomic mass is 10.0. The van der Waals surface area contributed by atoms with E-state index in [1.165, 1.54) is 11.8 Å². The van der Waals surface area contributed by atoms with E-state index in [4.69, 9.17) is 4.74 Å². The van der Waals surface area contributed by atoms with Crippen LogP contribution in [0, 0.1) is 11.8 Å². The summed E-state index contributed by atoms with van der Waals surface area (Å²) >= 11 is 0. The normalized spacial score (nSPS) is 17.8. The molecule has 1 aromatic rings. The highest BCUT2D eigenvalue weighted by Gasteiger charge is 2.42. The minimum Gasteiger partial charge on any atom is -0.444 e. The Kier molecular flexibility index (Phi) is 18.2. The van der Waals surface area contributed by atoms with Crippen molar-refractivity contribution < 1.29 is 43.1 Å². The van der Waals surface area contributed by atoms with Gasteiger partial charge >= 0.3 is 6.09 Å². The number of hydrogen-bond acceptors (Lipinski definition) is 9. The van der Waals surface area contributed by atoms with Gasteiger partial charge in [-0.2, -0.15) is 0 Å². The smallest absolute Gasteiger partial charge is 0.408 e. The van der Waals surface area contributed by atoms with E-state index in [1.807, 2.05) is 6.92 Å². The lowest BCUT2D eigenvalue weighted by molar-refractivity contribution is -0.151. The first-order chi connectivity index (χ1) is 26.1. The first kappa shape index (κ1) is 46.9. The monoisotopic (exact) mass is 786 g/mol. The molecule has 7 N–H and O–H groups in total. The van der Waals surface area contributed by atoms with E-state index >= 15 is 0 Å². The molecule has 0 unspecified atom stereocenters. The van der Waals surface area contributed by atoms with Crippen LogP contribution in [0.2, 0.25) is 0 Å². The molecule has 8 amide bonds. The number of benzene rings is 1. The van der Waals surface area contributed by atoms with Crippen molar-refractivity contribution in [3.8, 4) is 0 Å². The zero-order valence-electron chi connectivity index (χ0n) is 34.4. The third-order valence-electron chi connectivity index (χ3n) is 8.85. The van der Waals surface area contributed by atoms with E-state index in [1.54, 1.807) is 85.7 Å². The topological polar surface area (TPSA) is 233 Å². The summed E-state index contributed by atoms with van der Waals surface area (Å²) in [5, 5.41) is 18.4. The van der Waals surface area contributed by atoms with Gasteiger partial charge in [-0.15, -0.1) is 0 Å². The number of unbranched alkanes of at least 4 members (excludes halogenated alkanes) is 1. The first-order valence-electron chi connectivity index (χ1n) is 19.2. The number of rotatable bonds is 19. The summed E-state index contributed by atoms with van der Waals surface area (Å²) in [5.41, 5.74) is -0.0944. The first-order valence-corrected chi connectivity index (χ1v) is 19.2. The van der Waals surface area contributed by atoms with Crippen LogP contribution in [0.25, 0.3) is 0 Å². The van der Waals surface area contributed by atoms with Gasteiger partial charge < -0.3 is 46.9 Å². The fraction of sp³-hybridized carbons (Fsp3) is 0.641. The van der Waals surface area contributed by atoms with E-state index in [9.17, 15) is 38.4 Å². The molecule has 1 heterocycles. The van der Waals surface area contributed by atoms with Gasteiger partial charge in [-0.1, -0.05) is 71.4 Å². The molecule has 56 heavy (non-hydrogen) atoms. The highest BCUT2D eigenvalue weighted by atomic mass is 16.6. The summed E-state index contributed by atoms with van der Waals surface area (Å²) in [6.45, 7) is 17.1. The van der Waals surface area contributed by atoms with Crippen molar-refractivity contribution in [1.29, 1.82) is 0 Å². The molecule has 312 valence electrons. The van der Waals surface area contributed by atoms with Crippen LogP contribution in [-0.4, -0.2) is 107 Å². The lowest BCUT2D eigenvalue weighted by Crippen LogP contribution is -2.66. The second-order valence-electron chi connectivity index (χ2n) is 15.7. The average Bonchev–Trinajstić information content (AvgIpc) is 3.10. The van der Waals surface area contributed by atoms with Crippen LogP contribution in [0.15, 0.2) is 30.3 Å². The number of alkyl carbamates (subject to hydrolysis) is 1. The van der Waals surface area contributed by atoms with Crippen molar-refractivity contribution in [2.24, 2.45) is 11.8 Å². The van der Waals surface area contributed by atoms with Crippen LogP contribution >= 0.6 is 0 Å². The molecule has 17 nitrogen and oxygen atoms in total. The molecule has 17 heteroatoms. The minimum atomic E-state index is -1.28. The van der Waals surface area contributed by atoms with Gasteiger partial charge in [-0.25, -0.2) is 4.79 Å². The molecular weight excluding hydrogens is 724 g/mol. The van der Waals surface area contributed by atoms with E-state index in [0.29, 0.717) is 12.1 Å². The van der Waals surface area contributed by atoms with Crippen molar-refractivity contribution in [1.82, 2.24) is 42.1 Å². The van der Waals surface area contributed by atoms with Crippen LogP contribution in [0.4, 0.5) is 4.79 Å². The van der Waals surface area contributed by atoms with Crippen LogP contribution in [0.1, 0.15) is 94.1 Å². The van der Waals surface area contributed by atoms with Gasteiger partial charge in [0.15, 0.2) is 0 Å². The molecule has 1 fully saturated rings. The molecule has 1 aromatic carbocycles. The number of piperazine rings is 1. The molecular formula is C39H62N8O9. The molecule has 6 atom stereocenters. The van der Waals surface area contributed by atoms with Crippen LogP contribution in [0.3, 0.4) is 0 Å². The van der Waals surface area contributed by atoms with Gasteiger partial charge in [0.25, 0.3) is 0 Å². The third kappa shape index (κ3) is 15.1. The largest absolute Gasteiger partial charge is 0.444 e. The number of nitrogens with one attached hydrogen (secondary N) is 7. The Morgan fingerprint density at radius 3 is 1.82 bits per heavy atom. The number of nitrogens with zero attached hydrogens (tertiary/aromatic N) is 1. The van der Waals surface area contributed by atoms with E-state index in [0.717, 1.165) is 12.8 Å². The zero-order chi connectivity index (χ0) is 42.3. The third-order valence-corrected chi connectivity index (χ3v) is 8.85. The number of ether oxygens (including phenoxy) is 1. The number of carbonyl (C=O) groups is 8. The SMILES string of the molecule is CCCCNC(=O)[C@H](C)NC(=O)[C@@H](NC(=O)C[C@@H]1NC(=O)[C@H](CNC(=O)[C@H](C)NC(=O)[C@@H](NC(=O)OC(C)(C)C)C(C)C)N(Cc2ccccc2)C1=O)C(C)C. The fourth-order valence-electron chi connectivity index (χ4n) is 5.69. The molecule has 1 aliphatic rings. The Morgan fingerprint density at radius 1 is 0.768 bits per heavy atom. The second-order valence-corrected chi connectivity index (χ2v) is 15.7. The Balaban J connectivity index is 2.14. The van der Waals surface area contributed by atoms with Crippen LogP contribution in [-0.2, 0) is 44.8 Å². The molecule has 0 radical (unpaired) electrons. The second kappa shape index (κ2) is 21.8. The van der Waals surface area contributed by atoms with Gasteiger partial charge in [0, 0.05) is 19.6 Å². The van der Waals surface area contributed by atoms with Crippen molar-refractivity contribution in [2.45, 2.75) is 137 Å². The lowest BCUT2D eigenvalue weighted by Gasteiger charge is -2.39. The zero-order valence-corrected chi connectivity index (χ0v) is 34.4. The number of carbonyl (C=O) groups excluding carboxylic acids is 8. The summed E-state index contributed by atoms with van der Waals surface area (Å²) < 4.78 is 5.26. The van der Waals surface area contributed by atoms with E-state index in [-0.39, 0.29) is 30.8 Å². The van der Waals surface area contributed by atoms with Gasteiger partial charge in [-0.3, -0.25) is 33.6 Å². The highest BCUT2D eigenvalue weighted by molar-refractivity contribution is 6.00. The molecule has 2 rings (SSSR count). The van der Waals surface area contributed by atoms with Crippen LogP contribution in [0.5, 0.6) is 0 Å². The van der Waals surface area contributed by atoms with Crippen molar-refractivity contribution >= 4 is 47.4 Å². The Hall–Kier alpha value is -5.22. The molecule has 0 bridgehead atoms. The quantitative estimate of drug-likeness (QED) is 0.0991. The Bertz CT molecular complexity index is 1550. The maximum absolute atomic E-state index is 13.9. The Labute approximate surface area is 329 Å². The number of amides is 8. The van der Waals surface area contributed by atoms with E-state index < -0.39 is 89.8 Å². The predicted octanol–water partition coefficient (Wildman–Crippen LogP) is 1.00. The summed E-state index contributed by atoms with van der Waals surface area (Å²) in [6.07, 6.45) is 0.424. The number of hydrogen-bond donors (Lipinski definition) is 7. The molecule has 0 aromatic heterocycles.